The summed E-state index contributed by atoms with van der Waals surface area (Å²) in [6.07, 6.45) is 0. The molecule has 0 aliphatic rings. The van der Waals surface area contributed by atoms with Gasteiger partial charge in [-0.25, -0.2) is 4.79 Å². The Balaban J connectivity index is 1.76. The van der Waals surface area contributed by atoms with Crippen LogP contribution in [0.25, 0.3) is 11.0 Å². The van der Waals surface area contributed by atoms with Gasteiger partial charge in [0.05, 0.1) is 18.4 Å². The van der Waals surface area contributed by atoms with E-state index in [1.165, 1.54) is 13.2 Å². The van der Waals surface area contributed by atoms with Gasteiger partial charge in [0.25, 0.3) is 5.91 Å². The summed E-state index contributed by atoms with van der Waals surface area (Å²) in [5.41, 5.74) is 1.47. The minimum atomic E-state index is -0.663. The molecule has 0 atom stereocenters. The summed E-state index contributed by atoms with van der Waals surface area (Å²) < 4.78 is 10.7. The molecule has 31 heavy (non-hydrogen) atoms. The van der Waals surface area contributed by atoms with Crippen molar-refractivity contribution in [3.05, 3.63) is 99.4 Å². The van der Waals surface area contributed by atoms with Crippen molar-refractivity contribution in [2.45, 2.75) is 6.54 Å². The number of nitrogens with one attached hydrogen (secondary N) is 2. The Morgan fingerprint density at radius 3 is 2.52 bits per heavy atom. The Bertz CT molecular complexity index is 1300. The molecule has 0 fully saturated rings. The van der Waals surface area contributed by atoms with Crippen LogP contribution in [0.1, 0.15) is 15.9 Å². The van der Waals surface area contributed by atoms with Crippen LogP contribution in [-0.2, 0) is 6.54 Å². The maximum absolute atomic E-state index is 13.0. The van der Waals surface area contributed by atoms with Crippen LogP contribution in [0.2, 0.25) is 5.02 Å². The second-order valence-electron chi connectivity index (χ2n) is 6.77. The lowest BCUT2D eigenvalue weighted by molar-refractivity contribution is 0.102. The van der Waals surface area contributed by atoms with E-state index in [0.29, 0.717) is 34.0 Å². The van der Waals surface area contributed by atoms with Crippen molar-refractivity contribution in [2.75, 3.05) is 17.7 Å². The Labute approximate surface area is 183 Å². The van der Waals surface area contributed by atoms with Crippen LogP contribution in [0.3, 0.4) is 0 Å². The summed E-state index contributed by atoms with van der Waals surface area (Å²) in [5, 5.41) is 7.00. The fourth-order valence-electron chi connectivity index (χ4n) is 3.27. The molecular weight excluding hydrogens is 416 g/mol. The number of anilines is 2. The summed E-state index contributed by atoms with van der Waals surface area (Å²) in [4.78, 5) is 25.8. The number of methoxy groups -OCH3 is 1. The number of carbonyl (C=O) groups excluding carboxylic acids is 1. The number of benzene rings is 3. The molecule has 4 aromatic rings. The molecule has 1 aromatic heterocycles. The summed E-state index contributed by atoms with van der Waals surface area (Å²) in [6, 6.07) is 21.6. The smallest absolute Gasteiger partial charge is 0.362 e. The predicted molar refractivity (Wildman–Crippen MR) is 122 cm³/mol. The number of rotatable bonds is 6. The number of halogens is 1. The van der Waals surface area contributed by atoms with Crippen molar-refractivity contribution in [2.24, 2.45) is 0 Å². The largest absolute Gasteiger partial charge is 0.496 e. The molecule has 4 rings (SSSR count). The highest BCUT2D eigenvalue weighted by atomic mass is 35.5. The highest BCUT2D eigenvalue weighted by molar-refractivity contribution is 6.31. The van der Waals surface area contributed by atoms with Gasteiger partial charge in [-0.3, -0.25) is 4.79 Å². The number of carbonyl (C=O) groups is 1. The summed E-state index contributed by atoms with van der Waals surface area (Å²) >= 11 is 6.05. The SMILES string of the molecule is COc1ccc(Cl)cc1C(=O)Nc1c(NCc2ccccc2)c2ccccc2oc1=O. The second-order valence-corrected chi connectivity index (χ2v) is 7.21. The summed E-state index contributed by atoms with van der Waals surface area (Å²) in [5.74, 6) is -0.199. The molecule has 6 nitrogen and oxygen atoms in total. The van der Waals surface area contributed by atoms with Crippen molar-refractivity contribution in [3.8, 4) is 5.75 Å². The Morgan fingerprint density at radius 2 is 1.74 bits per heavy atom. The van der Waals surface area contributed by atoms with Gasteiger partial charge in [0.15, 0.2) is 5.69 Å². The minimum absolute atomic E-state index is 0.0154. The summed E-state index contributed by atoms with van der Waals surface area (Å²) in [6.45, 7) is 0.456. The lowest BCUT2D eigenvalue weighted by Gasteiger charge is -2.15. The lowest BCUT2D eigenvalue weighted by Crippen LogP contribution is -2.21. The van der Waals surface area contributed by atoms with E-state index in [-0.39, 0.29) is 11.3 Å². The highest BCUT2D eigenvalue weighted by Gasteiger charge is 2.20. The molecule has 0 bridgehead atoms. The first kappa shape index (κ1) is 20.5. The number of hydrogen-bond acceptors (Lipinski definition) is 5. The molecule has 0 unspecified atom stereocenters. The number of para-hydroxylation sites is 1. The van der Waals surface area contributed by atoms with Crippen LogP contribution < -0.4 is 21.0 Å². The number of fused-ring (bicyclic) bond motifs is 1. The second kappa shape index (κ2) is 8.93. The zero-order valence-corrected chi connectivity index (χ0v) is 17.4. The molecule has 0 aliphatic heterocycles. The van der Waals surface area contributed by atoms with E-state index >= 15 is 0 Å². The lowest BCUT2D eigenvalue weighted by atomic mass is 10.1. The molecule has 0 saturated carbocycles. The van der Waals surface area contributed by atoms with Crippen molar-refractivity contribution < 1.29 is 13.9 Å². The van der Waals surface area contributed by atoms with E-state index in [2.05, 4.69) is 10.6 Å². The van der Waals surface area contributed by atoms with E-state index in [9.17, 15) is 9.59 Å². The van der Waals surface area contributed by atoms with Gasteiger partial charge in [-0.15, -0.1) is 0 Å². The van der Waals surface area contributed by atoms with Crippen molar-refractivity contribution in [1.82, 2.24) is 0 Å². The third-order valence-corrected chi connectivity index (χ3v) is 5.01. The molecule has 156 valence electrons. The van der Waals surface area contributed by atoms with Gasteiger partial charge in [-0.05, 0) is 35.9 Å². The summed E-state index contributed by atoms with van der Waals surface area (Å²) in [7, 11) is 1.46. The molecule has 1 amide bonds. The monoisotopic (exact) mass is 434 g/mol. The average molecular weight is 435 g/mol. The average Bonchev–Trinajstić information content (AvgIpc) is 2.79. The van der Waals surface area contributed by atoms with Crippen molar-refractivity contribution in [1.29, 1.82) is 0 Å². The van der Waals surface area contributed by atoms with Crippen molar-refractivity contribution in [3.63, 3.8) is 0 Å². The van der Waals surface area contributed by atoms with Crippen molar-refractivity contribution >= 4 is 39.9 Å². The minimum Gasteiger partial charge on any atom is -0.496 e. The first-order valence-electron chi connectivity index (χ1n) is 9.55. The highest BCUT2D eigenvalue weighted by Crippen LogP contribution is 2.30. The maximum atomic E-state index is 13.0. The van der Waals surface area contributed by atoms with Crippen LogP contribution in [0, 0.1) is 0 Å². The Kier molecular flexibility index (Phi) is 5.91. The Morgan fingerprint density at radius 1 is 1.00 bits per heavy atom. The van der Waals surface area contributed by atoms with E-state index in [4.69, 9.17) is 20.8 Å². The van der Waals surface area contributed by atoms with Gasteiger partial charge in [0.2, 0.25) is 0 Å². The van der Waals surface area contributed by atoms with Crippen LogP contribution in [0.5, 0.6) is 5.75 Å². The zero-order chi connectivity index (χ0) is 21.8. The molecular formula is C24H19ClN2O4. The number of ether oxygens (including phenoxy) is 1. The fraction of sp³-hybridized carbons (Fsp3) is 0.0833. The van der Waals surface area contributed by atoms with Crippen LogP contribution in [0.4, 0.5) is 11.4 Å². The van der Waals surface area contributed by atoms with Gasteiger partial charge in [0, 0.05) is 17.0 Å². The first-order chi connectivity index (χ1) is 15.1. The molecule has 0 radical (unpaired) electrons. The standard InChI is InChI=1S/C24H19ClN2O4/c1-30-19-12-11-16(25)13-18(19)23(28)27-22-21(26-14-15-7-3-2-4-8-15)17-9-5-6-10-20(17)31-24(22)29/h2-13,26H,14H2,1H3,(H,27,28). The van der Waals surface area contributed by atoms with E-state index < -0.39 is 11.5 Å². The maximum Gasteiger partial charge on any atom is 0.362 e. The van der Waals surface area contributed by atoms with E-state index in [1.807, 2.05) is 42.5 Å². The number of hydrogen-bond donors (Lipinski definition) is 2. The van der Waals surface area contributed by atoms with Gasteiger partial charge >= 0.3 is 5.63 Å². The molecule has 1 heterocycles. The molecule has 7 heteroatoms. The van der Waals surface area contributed by atoms with Gasteiger partial charge in [0.1, 0.15) is 11.3 Å². The molecule has 3 aromatic carbocycles. The van der Waals surface area contributed by atoms with Gasteiger partial charge in [-0.1, -0.05) is 54.1 Å². The van der Waals surface area contributed by atoms with E-state index in [0.717, 1.165) is 5.56 Å². The van der Waals surface area contributed by atoms with Gasteiger partial charge in [-0.2, -0.15) is 0 Å². The zero-order valence-electron chi connectivity index (χ0n) is 16.6. The third-order valence-electron chi connectivity index (χ3n) is 4.77. The molecule has 0 saturated heterocycles. The quantitative estimate of drug-likeness (QED) is 0.401. The number of amides is 1. The third kappa shape index (κ3) is 4.39. The van der Waals surface area contributed by atoms with Crippen LogP contribution >= 0.6 is 11.6 Å². The van der Waals surface area contributed by atoms with Gasteiger partial charge < -0.3 is 19.8 Å². The normalized spacial score (nSPS) is 10.6. The predicted octanol–water partition coefficient (Wildman–Crippen LogP) is 5.32. The van der Waals surface area contributed by atoms with E-state index in [1.54, 1.807) is 24.3 Å². The fourth-order valence-corrected chi connectivity index (χ4v) is 3.44. The Hall–Kier alpha value is -3.77. The first-order valence-corrected chi connectivity index (χ1v) is 9.93. The molecule has 0 aliphatic carbocycles. The van der Waals surface area contributed by atoms with Crippen LogP contribution in [0.15, 0.2) is 82.0 Å². The molecule has 0 spiro atoms. The molecule has 2 N–H and O–H groups in total. The topological polar surface area (TPSA) is 80.6 Å². The van der Waals surface area contributed by atoms with Crippen LogP contribution in [-0.4, -0.2) is 13.0 Å².